The maximum Gasteiger partial charge on any atom is 0.412 e. The van der Waals surface area contributed by atoms with Gasteiger partial charge in [0.15, 0.2) is 0 Å². The van der Waals surface area contributed by atoms with Crippen LogP contribution < -0.4 is 0 Å². The number of ether oxygens (including phenoxy) is 2. The molecule has 5 heteroatoms. The lowest BCUT2D eigenvalue weighted by Crippen LogP contribution is -2.53. The number of hydrogen-bond donors (Lipinski definition) is 0. The zero-order valence-corrected chi connectivity index (χ0v) is 9.62. The van der Waals surface area contributed by atoms with E-state index in [1.54, 1.807) is 27.7 Å². The van der Waals surface area contributed by atoms with E-state index in [1.807, 2.05) is 0 Å². The minimum Gasteiger partial charge on any atom is -0.444 e. The maximum atomic E-state index is 13.4. The lowest BCUT2D eigenvalue weighted by molar-refractivity contribution is -0.0939. The summed E-state index contributed by atoms with van der Waals surface area (Å²) in [6.07, 6.45) is -2.03. The quantitative estimate of drug-likeness (QED) is 0.584. The predicted molar refractivity (Wildman–Crippen MR) is 53.3 cm³/mol. The van der Waals surface area contributed by atoms with Gasteiger partial charge in [0.25, 0.3) is 0 Å². The van der Waals surface area contributed by atoms with Crippen LogP contribution in [0.15, 0.2) is 0 Å². The van der Waals surface area contributed by atoms with E-state index in [1.165, 1.54) is 0 Å². The molecule has 1 heterocycles. The fourth-order valence-corrected chi connectivity index (χ4v) is 1.38. The van der Waals surface area contributed by atoms with Crippen molar-refractivity contribution >= 4 is 6.09 Å². The van der Waals surface area contributed by atoms with Crippen LogP contribution in [-0.4, -0.2) is 42.1 Å². The first-order valence-electron chi connectivity index (χ1n) is 5.04. The summed E-state index contributed by atoms with van der Waals surface area (Å²) in [7, 11) is 0. The molecule has 0 spiro atoms. The van der Waals surface area contributed by atoms with E-state index in [2.05, 4.69) is 0 Å². The van der Waals surface area contributed by atoms with E-state index >= 15 is 0 Å². The van der Waals surface area contributed by atoms with Gasteiger partial charge in [0.1, 0.15) is 5.60 Å². The molecule has 4 nitrogen and oxygen atoms in total. The molecule has 0 aromatic rings. The van der Waals surface area contributed by atoms with Gasteiger partial charge in [-0.3, -0.25) is 4.90 Å². The van der Waals surface area contributed by atoms with Crippen molar-refractivity contribution in [3.05, 3.63) is 0 Å². The van der Waals surface area contributed by atoms with Crippen molar-refractivity contribution in [2.75, 3.05) is 13.2 Å². The Balaban J connectivity index is 2.64. The third-order valence-corrected chi connectivity index (χ3v) is 2.00. The molecule has 0 aromatic carbocycles. The van der Waals surface area contributed by atoms with Crippen LogP contribution in [0, 0.1) is 0 Å². The lowest BCUT2D eigenvalue weighted by Gasteiger charge is -2.36. The Hall–Kier alpha value is -0.840. The molecule has 88 valence electrons. The molecule has 0 aromatic heterocycles. The van der Waals surface area contributed by atoms with Crippen LogP contribution in [0.1, 0.15) is 27.7 Å². The monoisotopic (exact) mass is 219 g/mol. The number of amides is 1. The largest absolute Gasteiger partial charge is 0.444 e. The highest BCUT2D eigenvalue weighted by Crippen LogP contribution is 2.18. The number of nitrogens with zero attached hydrogens (tertiary/aromatic N) is 1. The minimum atomic E-state index is -1.41. The van der Waals surface area contributed by atoms with Crippen molar-refractivity contribution in [1.82, 2.24) is 4.90 Å². The Morgan fingerprint density at radius 2 is 2.07 bits per heavy atom. The molecule has 1 aliphatic rings. The number of halogens is 1. The number of rotatable bonds is 0. The standard InChI is InChI=1S/C10H18FNO3/c1-7-5-14-6-8(11)12(7)9(13)15-10(2,3)4/h7-8H,5-6H2,1-4H3/t7-,8+/m1/s1. The molecule has 0 bridgehead atoms. The van der Waals surface area contributed by atoms with E-state index in [9.17, 15) is 9.18 Å². The normalized spacial score (nSPS) is 27.7. The summed E-state index contributed by atoms with van der Waals surface area (Å²) >= 11 is 0. The zero-order valence-electron chi connectivity index (χ0n) is 9.62. The van der Waals surface area contributed by atoms with Crippen LogP contribution in [-0.2, 0) is 9.47 Å². The van der Waals surface area contributed by atoms with Crippen molar-refractivity contribution in [2.45, 2.75) is 45.6 Å². The molecule has 1 aliphatic heterocycles. The summed E-state index contributed by atoms with van der Waals surface area (Å²) in [4.78, 5) is 12.7. The Morgan fingerprint density at radius 1 is 1.47 bits per heavy atom. The number of carbonyl (C=O) groups excluding carboxylic acids is 1. The zero-order chi connectivity index (χ0) is 11.6. The summed E-state index contributed by atoms with van der Waals surface area (Å²) in [5.41, 5.74) is -0.602. The number of carbonyl (C=O) groups is 1. The average Bonchev–Trinajstić information content (AvgIpc) is 1.99. The van der Waals surface area contributed by atoms with Gasteiger partial charge >= 0.3 is 6.09 Å². The van der Waals surface area contributed by atoms with Gasteiger partial charge < -0.3 is 9.47 Å². The second kappa shape index (κ2) is 4.35. The smallest absolute Gasteiger partial charge is 0.412 e. The minimum absolute atomic E-state index is 0.0798. The number of morpholine rings is 1. The van der Waals surface area contributed by atoms with Crippen molar-refractivity contribution in [2.24, 2.45) is 0 Å². The summed E-state index contributed by atoms with van der Waals surface area (Å²) in [5, 5.41) is 0. The third kappa shape index (κ3) is 3.34. The Kier molecular flexibility index (Phi) is 3.54. The molecule has 1 amide bonds. The highest BCUT2D eigenvalue weighted by atomic mass is 19.1. The maximum absolute atomic E-state index is 13.4. The topological polar surface area (TPSA) is 38.8 Å². The van der Waals surface area contributed by atoms with Crippen LogP contribution in [0.3, 0.4) is 0 Å². The van der Waals surface area contributed by atoms with Crippen LogP contribution in [0.4, 0.5) is 9.18 Å². The Labute approximate surface area is 89.3 Å². The fourth-order valence-electron chi connectivity index (χ4n) is 1.38. The van der Waals surface area contributed by atoms with E-state index in [-0.39, 0.29) is 12.6 Å². The molecule has 0 N–H and O–H groups in total. The molecule has 1 fully saturated rings. The van der Waals surface area contributed by atoms with Gasteiger partial charge in [-0.05, 0) is 27.7 Å². The SMILES string of the molecule is C[C@@H]1COC[C@@H](F)N1C(=O)OC(C)(C)C. The van der Waals surface area contributed by atoms with Crippen molar-refractivity contribution in [3.8, 4) is 0 Å². The molecule has 0 aliphatic carbocycles. The van der Waals surface area contributed by atoms with Gasteiger partial charge in [-0.2, -0.15) is 0 Å². The summed E-state index contributed by atoms with van der Waals surface area (Å²) in [5.74, 6) is 0. The molecular formula is C10H18FNO3. The molecule has 1 saturated heterocycles. The number of alkyl halides is 1. The molecular weight excluding hydrogens is 201 g/mol. The van der Waals surface area contributed by atoms with Gasteiger partial charge in [-0.25, -0.2) is 9.18 Å². The van der Waals surface area contributed by atoms with Crippen molar-refractivity contribution in [3.63, 3.8) is 0 Å². The van der Waals surface area contributed by atoms with E-state index in [0.717, 1.165) is 4.90 Å². The first-order valence-corrected chi connectivity index (χ1v) is 5.04. The highest BCUT2D eigenvalue weighted by molar-refractivity contribution is 5.68. The predicted octanol–water partition coefficient (Wildman–Crippen LogP) is 1.94. The van der Waals surface area contributed by atoms with E-state index in [4.69, 9.17) is 9.47 Å². The van der Waals surface area contributed by atoms with Crippen LogP contribution >= 0.6 is 0 Å². The van der Waals surface area contributed by atoms with Gasteiger partial charge in [0, 0.05) is 0 Å². The van der Waals surface area contributed by atoms with Crippen molar-refractivity contribution in [1.29, 1.82) is 0 Å². The van der Waals surface area contributed by atoms with Crippen LogP contribution in [0.25, 0.3) is 0 Å². The lowest BCUT2D eigenvalue weighted by atomic mass is 10.2. The highest BCUT2D eigenvalue weighted by Gasteiger charge is 2.35. The van der Waals surface area contributed by atoms with Crippen LogP contribution in [0.2, 0.25) is 0 Å². The fraction of sp³-hybridized carbons (Fsp3) is 0.900. The summed E-state index contributed by atoms with van der Waals surface area (Å²) < 4.78 is 23.5. The molecule has 15 heavy (non-hydrogen) atoms. The van der Waals surface area contributed by atoms with Crippen molar-refractivity contribution < 1.29 is 18.7 Å². The first-order chi connectivity index (χ1) is 6.81. The van der Waals surface area contributed by atoms with Crippen LogP contribution in [0.5, 0.6) is 0 Å². The molecule has 0 saturated carbocycles. The Bertz CT molecular complexity index is 229. The van der Waals surface area contributed by atoms with Gasteiger partial charge in [-0.15, -0.1) is 0 Å². The van der Waals surface area contributed by atoms with E-state index in [0.29, 0.717) is 6.61 Å². The molecule has 1 rings (SSSR count). The second-order valence-corrected chi connectivity index (χ2v) is 4.71. The molecule has 0 unspecified atom stereocenters. The van der Waals surface area contributed by atoms with Gasteiger partial charge in [0.2, 0.25) is 6.30 Å². The Morgan fingerprint density at radius 3 is 2.53 bits per heavy atom. The molecule has 2 atom stereocenters. The van der Waals surface area contributed by atoms with E-state index < -0.39 is 18.0 Å². The average molecular weight is 219 g/mol. The van der Waals surface area contributed by atoms with Gasteiger partial charge in [0.05, 0.1) is 19.3 Å². The van der Waals surface area contributed by atoms with Gasteiger partial charge in [-0.1, -0.05) is 0 Å². The first kappa shape index (κ1) is 12.2. The summed E-state index contributed by atoms with van der Waals surface area (Å²) in [6, 6.07) is -0.288. The third-order valence-electron chi connectivity index (χ3n) is 2.00. The summed E-state index contributed by atoms with van der Waals surface area (Å²) in [6.45, 7) is 7.26. The molecule has 0 radical (unpaired) electrons. The number of hydrogen-bond acceptors (Lipinski definition) is 3. The second-order valence-electron chi connectivity index (χ2n) is 4.71.